The van der Waals surface area contributed by atoms with Gasteiger partial charge in [-0.2, -0.15) is 0 Å². The zero-order chi connectivity index (χ0) is 27.9. The Morgan fingerprint density at radius 3 is 2.33 bits per heavy atom. The number of carboxylic acids is 1. The molecule has 39 heavy (non-hydrogen) atoms. The Hall–Kier alpha value is -3.81. The molecule has 0 saturated heterocycles. The Morgan fingerprint density at radius 1 is 1.00 bits per heavy atom. The summed E-state index contributed by atoms with van der Waals surface area (Å²) in [5, 5.41) is 12.9. The summed E-state index contributed by atoms with van der Waals surface area (Å²) in [4.78, 5) is 30.3. The molecule has 1 unspecified atom stereocenters. The van der Waals surface area contributed by atoms with Crippen LogP contribution in [0.2, 0.25) is 0 Å². The Bertz CT molecular complexity index is 1400. The molecule has 0 spiro atoms. The van der Waals surface area contributed by atoms with Gasteiger partial charge in [0.1, 0.15) is 5.82 Å². The first-order chi connectivity index (χ1) is 18.6. The van der Waals surface area contributed by atoms with Crippen molar-refractivity contribution in [2.45, 2.75) is 64.5 Å². The van der Waals surface area contributed by atoms with Gasteiger partial charge in [-0.15, -0.1) is 0 Å². The predicted octanol–water partition coefficient (Wildman–Crippen LogP) is 6.63. The monoisotopic (exact) mass is 527 g/mol. The molecule has 3 aromatic rings. The van der Waals surface area contributed by atoms with Gasteiger partial charge < -0.3 is 15.3 Å². The van der Waals surface area contributed by atoms with Crippen molar-refractivity contribution in [3.63, 3.8) is 0 Å². The molecule has 1 atom stereocenters. The third-order valence-electron chi connectivity index (χ3n) is 8.48. The largest absolute Gasteiger partial charge is 0.478 e. The van der Waals surface area contributed by atoms with E-state index in [1.807, 2.05) is 54.3 Å². The minimum absolute atomic E-state index is 0.0146. The number of hydrogen-bond acceptors (Lipinski definition) is 3. The van der Waals surface area contributed by atoms with Crippen molar-refractivity contribution in [2.75, 3.05) is 15.1 Å². The molecule has 8 heteroatoms. The lowest BCUT2D eigenvalue weighted by atomic mass is 9.73. The van der Waals surface area contributed by atoms with Crippen molar-refractivity contribution in [1.29, 1.82) is 0 Å². The summed E-state index contributed by atoms with van der Waals surface area (Å²) in [7, 11) is 2.12. The number of halogens is 1. The number of anilines is 3. The zero-order valence-corrected chi connectivity index (χ0v) is 23.0. The molecule has 1 aliphatic carbocycles. The van der Waals surface area contributed by atoms with E-state index in [4.69, 9.17) is 0 Å². The number of aryl methyl sites for hydroxylation is 1. The minimum atomic E-state index is -1.13. The lowest BCUT2D eigenvalue weighted by Gasteiger charge is -2.50. The molecule has 0 bridgehead atoms. The summed E-state index contributed by atoms with van der Waals surface area (Å²) in [6.45, 7) is 6.26. The maximum Gasteiger partial charge on any atom is 0.336 e. The Kier molecular flexibility index (Phi) is 7.14. The molecule has 1 aliphatic heterocycles. The van der Waals surface area contributed by atoms with Crippen LogP contribution < -0.4 is 15.1 Å². The van der Waals surface area contributed by atoms with Crippen molar-refractivity contribution in [1.82, 2.24) is 0 Å². The van der Waals surface area contributed by atoms with E-state index in [1.165, 1.54) is 18.6 Å². The first-order valence-electron chi connectivity index (χ1n) is 13.8. The number of carboxylic acid groups (broad SMARTS) is 1. The van der Waals surface area contributed by atoms with Gasteiger partial charge >= 0.3 is 12.0 Å². The van der Waals surface area contributed by atoms with E-state index in [1.54, 1.807) is 0 Å². The van der Waals surface area contributed by atoms with Crippen LogP contribution in [0.15, 0.2) is 60.7 Å². The van der Waals surface area contributed by atoms with Gasteiger partial charge in [0.2, 0.25) is 0 Å². The number of carbonyl (C=O) groups is 2. The zero-order valence-electron chi connectivity index (χ0n) is 23.0. The van der Waals surface area contributed by atoms with Crippen molar-refractivity contribution < 1.29 is 19.1 Å². The van der Waals surface area contributed by atoms with Crippen LogP contribution in [0.4, 0.5) is 26.2 Å². The lowest BCUT2D eigenvalue weighted by Crippen LogP contribution is -2.66. The van der Waals surface area contributed by atoms with E-state index in [2.05, 4.69) is 31.9 Å². The molecule has 1 saturated carbocycles. The van der Waals surface area contributed by atoms with Gasteiger partial charge in [-0.05, 0) is 79.3 Å². The normalized spacial score (nSPS) is 19.3. The van der Waals surface area contributed by atoms with Crippen molar-refractivity contribution in [2.24, 2.45) is 5.92 Å². The number of nitrogens with one attached hydrogen (secondary N) is 1. The summed E-state index contributed by atoms with van der Waals surface area (Å²) in [5.41, 5.74) is 3.61. The molecule has 0 aromatic heterocycles. The van der Waals surface area contributed by atoms with E-state index in [9.17, 15) is 19.1 Å². The van der Waals surface area contributed by atoms with Crippen LogP contribution >= 0.6 is 0 Å². The van der Waals surface area contributed by atoms with E-state index >= 15 is 0 Å². The molecule has 1 fully saturated rings. The predicted molar refractivity (Wildman–Crippen MR) is 157 cm³/mol. The molecule has 2 N–H and O–H groups in total. The van der Waals surface area contributed by atoms with Crippen LogP contribution in [0.25, 0.3) is 11.1 Å². The fourth-order valence-electron chi connectivity index (χ4n) is 6.18. The highest BCUT2D eigenvalue weighted by Crippen LogP contribution is 2.51. The minimum Gasteiger partial charge on any atom is -0.478 e. The number of carbonyl (C=O) groups excluding carboxylic acids is 1. The standard InChI is InChI=1S/C31H35BFN3O3/c1-19(2)31(32)35(24-7-5-4-6-8-24)27-16-11-21(26-18-22(33)12-15-25(26)29(37)38)17-28(27)36(31)30(39)34-23-13-9-20(3)10-14-23/h9-19,24H,4-8,32H2,1-3H3,(H,34,39)(H,37,38). The maximum absolute atomic E-state index is 14.3. The highest BCUT2D eigenvalue weighted by Gasteiger charge is 2.53. The van der Waals surface area contributed by atoms with Gasteiger partial charge in [0, 0.05) is 11.7 Å². The van der Waals surface area contributed by atoms with Crippen LogP contribution in [-0.4, -0.2) is 36.6 Å². The number of fused-ring (bicyclic) bond motifs is 1. The summed E-state index contributed by atoms with van der Waals surface area (Å²) < 4.78 is 14.3. The molecule has 0 radical (unpaired) electrons. The van der Waals surface area contributed by atoms with Crippen molar-refractivity contribution in [3.8, 4) is 11.1 Å². The van der Waals surface area contributed by atoms with E-state index in [0.717, 1.165) is 43.0 Å². The lowest BCUT2D eigenvalue weighted by molar-refractivity contribution is 0.0697. The van der Waals surface area contributed by atoms with Crippen molar-refractivity contribution >= 4 is 36.9 Å². The number of urea groups is 1. The third-order valence-corrected chi connectivity index (χ3v) is 8.48. The second-order valence-corrected chi connectivity index (χ2v) is 11.2. The summed E-state index contributed by atoms with van der Waals surface area (Å²) in [5.74, 6) is -1.57. The quantitative estimate of drug-likeness (QED) is 0.365. The third kappa shape index (κ3) is 4.77. The first kappa shape index (κ1) is 26.8. The first-order valence-corrected chi connectivity index (χ1v) is 13.8. The Labute approximate surface area is 230 Å². The number of benzene rings is 3. The number of hydrogen-bond donors (Lipinski definition) is 2. The molecular formula is C31H35BFN3O3. The van der Waals surface area contributed by atoms with Gasteiger partial charge in [0.25, 0.3) is 0 Å². The molecule has 6 nitrogen and oxygen atoms in total. The number of amides is 2. The van der Waals surface area contributed by atoms with E-state index in [-0.39, 0.29) is 29.1 Å². The van der Waals surface area contributed by atoms with Gasteiger partial charge in [0.05, 0.1) is 22.5 Å². The number of nitrogens with zero attached hydrogens (tertiary/aromatic N) is 2. The second kappa shape index (κ2) is 10.4. The molecule has 1 heterocycles. The van der Waals surface area contributed by atoms with Gasteiger partial charge in [-0.3, -0.25) is 4.90 Å². The SMILES string of the molecule is BC1(C(C)C)N(C(=O)Nc2ccc(C)cc2)c2cc(-c3cc(F)ccc3C(=O)O)ccc2N1C1CCCCC1. The fourth-order valence-corrected chi connectivity index (χ4v) is 6.18. The van der Waals surface area contributed by atoms with Crippen LogP contribution in [0.3, 0.4) is 0 Å². The summed E-state index contributed by atoms with van der Waals surface area (Å²) >= 11 is 0. The van der Waals surface area contributed by atoms with Gasteiger partial charge in [-0.1, -0.05) is 56.9 Å². The highest BCUT2D eigenvalue weighted by molar-refractivity contribution is 6.26. The highest BCUT2D eigenvalue weighted by atomic mass is 19.1. The van der Waals surface area contributed by atoms with Crippen LogP contribution in [0.1, 0.15) is 61.9 Å². The van der Waals surface area contributed by atoms with Crippen molar-refractivity contribution in [3.05, 3.63) is 77.6 Å². The molecule has 2 aliphatic rings. The molecule has 2 amide bonds. The summed E-state index contributed by atoms with van der Waals surface area (Å²) in [6.07, 6.45) is 5.59. The van der Waals surface area contributed by atoms with E-state index in [0.29, 0.717) is 16.9 Å². The molecule has 5 rings (SSSR count). The maximum atomic E-state index is 14.3. The average Bonchev–Trinajstić information content (AvgIpc) is 3.19. The average molecular weight is 527 g/mol. The number of aromatic carboxylic acids is 1. The summed E-state index contributed by atoms with van der Waals surface area (Å²) in [6, 6.07) is 17.0. The van der Waals surface area contributed by atoms with Gasteiger partial charge in [-0.25, -0.2) is 14.0 Å². The molecule has 202 valence electrons. The number of rotatable bonds is 5. The topological polar surface area (TPSA) is 72.9 Å². The smallest absolute Gasteiger partial charge is 0.336 e. The van der Waals surface area contributed by atoms with Crippen LogP contribution in [0.5, 0.6) is 0 Å². The van der Waals surface area contributed by atoms with Crippen LogP contribution in [0, 0.1) is 18.7 Å². The van der Waals surface area contributed by atoms with E-state index < -0.39 is 17.3 Å². The Morgan fingerprint density at radius 2 is 1.69 bits per heavy atom. The van der Waals surface area contributed by atoms with Gasteiger partial charge in [0.15, 0.2) is 7.85 Å². The fraction of sp³-hybridized carbons (Fsp3) is 0.355. The Balaban J connectivity index is 1.67. The molecule has 3 aromatic carbocycles. The van der Waals surface area contributed by atoms with Crippen LogP contribution in [-0.2, 0) is 0 Å². The second-order valence-electron chi connectivity index (χ2n) is 11.2. The molecular weight excluding hydrogens is 492 g/mol.